The molecule has 1 heterocycles. The number of hydrogen-bond donors (Lipinski definition) is 2. The molecule has 1 aromatic carbocycles. The second-order valence-corrected chi connectivity index (χ2v) is 8.43. The number of carbonyl (C=O) groups excluding carboxylic acids is 1. The molecule has 0 fully saturated rings. The van der Waals surface area contributed by atoms with Crippen molar-refractivity contribution in [1.82, 2.24) is 5.32 Å². The maximum Gasteiger partial charge on any atom is 0.262 e. The number of benzene rings is 1. The normalized spacial score (nSPS) is 11.3. The fourth-order valence-corrected chi connectivity index (χ4v) is 4.83. The van der Waals surface area contributed by atoms with E-state index in [9.17, 15) is 13.2 Å². The van der Waals surface area contributed by atoms with Gasteiger partial charge in [-0.1, -0.05) is 24.6 Å². The van der Waals surface area contributed by atoms with E-state index in [0.717, 1.165) is 12.0 Å². The van der Waals surface area contributed by atoms with Crippen LogP contribution in [0.5, 0.6) is 0 Å². The lowest BCUT2D eigenvalue weighted by Gasteiger charge is -2.12. The molecule has 0 spiro atoms. The molecule has 0 unspecified atom stereocenters. The minimum absolute atomic E-state index is 0.00872. The molecule has 136 valence electrons. The Morgan fingerprint density at radius 2 is 2.04 bits per heavy atom. The largest absolute Gasteiger partial charge is 0.356 e. The van der Waals surface area contributed by atoms with Crippen LogP contribution >= 0.6 is 22.9 Å². The molecule has 0 aliphatic heterocycles. The summed E-state index contributed by atoms with van der Waals surface area (Å²) in [5, 5.41) is 6.87. The number of halogens is 1. The molecule has 2 rings (SSSR count). The fourth-order valence-electron chi connectivity index (χ4n) is 2.34. The van der Waals surface area contributed by atoms with E-state index in [2.05, 4.69) is 10.0 Å². The van der Waals surface area contributed by atoms with Crippen molar-refractivity contribution in [2.45, 2.75) is 38.0 Å². The Labute approximate surface area is 157 Å². The topological polar surface area (TPSA) is 75.3 Å². The van der Waals surface area contributed by atoms with Gasteiger partial charge in [-0.25, -0.2) is 8.42 Å². The maximum atomic E-state index is 12.7. The Hall–Kier alpha value is -1.57. The van der Waals surface area contributed by atoms with Gasteiger partial charge >= 0.3 is 0 Å². The van der Waals surface area contributed by atoms with Gasteiger partial charge in [-0.05, 0) is 48.4 Å². The summed E-state index contributed by atoms with van der Waals surface area (Å²) in [5.41, 5.74) is 1.90. The van der Waals surface area contributed by atoms with Crippen molar-refractivity contribution in [3.05, 3.63) is 45.1 Å². The highest BCUT2D eigenvalue weighted by atomic mass is 35.5. The third kappa shape index (κ3) is 5.20. The van der Waals surface area contributed by atoms with Crippen molar-refractivity contribution in [2.75, 3.05) is 11.3 Å². The second-order valence-electron chi connectivity index (χ2n) is 5.63. The third-order valence-electron chi connectivity index (χ3n) is 3.69. The van der Waals surface area contributed by atoms with E-state index in [1.807, 2.05) is 12.3 Å². The van der Waals surface area contributed by atoms with Crippen LogP contribution in [0.3, 0.4) is 0 Å². The monoisotopic (exact) mass is 400 g/mol. The van der Waals surface area contributed by atoms with Crippen molar-refractivity contribution < 1.29 is 13.2 Å². The molecule has 1 amide bonds. The number of sulfonamides is 1. The first-order valence-electron chi connectivity index (χ1n) is 7.95. The molecule has 2 aromatic rings. The van der Waals surface area contributed by atoms with Crippen molar-refractivity contribution in [2.24, 2.45) is 0 Å². The van der Waals surface area contributed by atoms with Gasteiger partial charge in [0.1, 0.15) is 0 Å². The maximum absolute atomic E-state index is 12.7. The first kappa shape index (κ1) is 19.8. The summed E-state index contributed by atoms with van der Waals surface area (Å²) < 4.78 is 27.9. The van der Waals surface area contributed by atoms with Gasteiger partial charge in [-0.3, -0.25) is 9.52 Å². The van der Waals surface area contributed by atoms with Gasteiger partial charge < -0.3 is 5.32 Å². The van der Waals surface area contributed by atoms with Crippen LogP contribution in [0.4, 0.5) is 5.69 Å². The summed E-state index contributed by atoms with van der Waals surface area (Å²) in [6.07, 6.45) is 1.86. The lowest BCUT2D eigenvalue weighted by Crippen LogP contribution is -2.25. The smallest absolute Gasteiger partial charge is 0.262 e. The van der Waals surface area contributed by atoms with Crippen LogP contribution in [-0.4, -0.2) is 20.9 Å². The van der Waals surface area contributed by atoms with E-state index in [4.69, 9.17) is 11.6 Å². The average Bonchev–Trinajstić information content (AvgIpc) is 2.96. The van der Waals surface area contributed by atoms with E-state index in [-0.39, 0.29) is 10.8 Å². The van der Waals surface area contributed by atoms with Gasteiger partial charge in [0, 0.05) is 23.4 Å². The van der Waals surface area contributed by atoms with Gasteiger partial charge in [0.15, 0.2) is 0 Å². The average molecular weight is 401 g/mol. The van der Waals surface area contributed by atoms with Crippen molar-refractivity contribution in [1.29, 1.82) is 0 Å². The van der Waals surface area contributed by atoms with Crippen LogP contribution in [0.1, 0.15) is 30.9 Å². The number of carbonyl (C=O) groups is 1. The zero-order chi connectivity index (χ0) is 18.4. The SMILES string of the molecule is CCCC(=O)NCCc1cscc1NS(=O)(=O)c1cccc(Cl)c1C. The fraction of sp³-hybridized carbons (Fsp3) is 0.353. The van der Waals surface area contributed by atoms with Crippen LogP contribution in [-0.2, 0) is 21.2 Å². The number of nitrogens with one attached hydrogen (secondary N) is 2. The van der Waals surface area contributed by atoms with Crippen LogP contribution in [0.2, 0.25) is 5.02 Å². The van der Waals surface area contributed by atoms with Gasteiger partial charge in [-0.15, -0.1) is 11.3 Å². The van der Waals surface area contributed by atoms with Gasteiger partial charge in [-0.2, -0.15) is 0 Å². The van der Waals surface area contributed by atoms with Gasteiger partial charge in [0.25, 0.3) is 10.0 Å². The molecule has 8 heteroatoms. The number of anilines is 1. The molecular formula is C17H21ClN2O3S2. The summed E-state index contributed by atoms with van der Waals surface area (Å²) in [5.74, 6) is 0.00872. The van der Waals surface area contributed by atoms with Crippen LogP contribution in [0, 0.1) is 6.92 Å². The molecule has 25 heavy (non-hydrogen) atoms. The summed E-state index contributed by atoms with van der Waals surface area (Å²) in [6.45, 7) is 4.10. The standard InChI is InChI=1S/C17H21ClN2O3S2/c1-3-5-17(21)19-9-8-13-10-24-11-15(13)20-25(22,23)16-7-4-6-14(18)12(16)2/h4,6-7,10-11,20H,3,5,8-9H2,1-2H3,(H,19,21). The lowest BCUT2D eigenvalue weighted by atomic mass is 10.2. The molecule has 0 radical (unpaired) electrons. The van der Waals surface area contributed by atoms with E-state index in [0.29, 0.717) is 35.7 Å². The summed E-state index contributed by atoms with van der Waals surface area (Å²) >= 11 is 7.44. The Bertz CT molecular complexity index is 847. The van der Waals surface area contributed by atoms with Crippen molar-refractivity contribution in [3.8, 4) is 0 Å². The van der Waals surface area contributed by atoms with E-state index in [1.54, 1.807) is 24.4 Å². The zero-order valence-corrected chi connectivity index (χ0v) is 16.5. The van der Waals surface area contributed by atoms with E-state index >= 15 is 0 Å². The predicted molar refractivity (Wildman–Crippen MR) is 103 cm³/mol. The highest BCUT2D eigenvalue weighted by Crippen LogP contribution is 2.28. The zero-order valence-electron chi connectivity index (χ0n) is 14.1. The molecule has 0 aliphatic carbocycles. The highest BCUT2D eigenvalue weighted by Gasteiger charge is 2.20. The Morgan fingerprint density at radius 1 is 1.28 bits per heavy atom. The van der Waals surface area contributed by atoms with Gasteiger partial charge in [0.2, 0.25) is 5.91 Å². The number of hydrogen-bond acceptors (Lipinski definition) is 4. The Kier molecular flexibility index (Phi) is 6.87. The minimum atomic E-state index is -3.72. The molecular weight excluding hydrogens is 380 g/mol. The van der Waals surface area contributed by atoms with E-state index in [1.165, 1.54) is 17.4 Å². The molecule has 0 saturated carbocycles. The third-order valence-corrected chi connectivity index (χ3v) is 6.40. The number of thiophene rings is 1. The van der Waals surface area contributed by atoms with Crippen molar-refractivity contribution >= 4 is 44.6 Å². The van der Waals surface area contributed by atoms with Crippen LogP contribution in [0.15, 0.2) is 33.9 Å². The first-order valence-corrected chi connectivity index (χ1v) is 10.7. The summed E-state index contributed by atoms with van der Waals surface area (Å²) in [7, 11) is -3.72. The van der Waals surface area contributed by atoms with E-state index < -0.39 is 10.0 Å². The summed E-state index contributed by atoms with van der Waals surface area (Å²) in [4.78, 5) is 11.7. The van der Waals surface area contributed by atoms with Crippen LogP contribution in [0.25, 0.3) is 0 Å². The molecule has 0 atom stereocenters. The first-order chi connectivity index (χ1) is 11.8. The number of amides is 1. The molecule has 0 aliphatic rings. The lowest BCUT2D eigenvalue weighted by molar-refractivity contribution is -0.121. The highest BCUT2D eigenvalue weighted by molar-refractivity contribution is 7.92. The van der Waals surface area contributed by atoms with Gasteiger partial charge in [0.05, 0.1) is 10.6 Å². The minimum Gasteiger partial charge on any atom is -0.356 e. The molecule has 5 nitrogen and oxygen atoms in total. The number of rotatable bonds is 8. The Balaban J connectivity index is 2.09. The summed E-state index contributed by atoms with van der Waals surface area (Å²) in [6, 6.07) is 4.80. The second kappa shape index (κ2) is 8.69. The quantitative estimate of drug-likeness (QED) is 0.703. The van der Waals surface area contributed by atoms with Crippen molar-refractivity contribution in [3.63, 3.8) is 0 Å². The Morgan fingerprint density at radius 3 is 2.76 bits per heavy atom. The van der Waals surface area contributed by atoms with Crippen LogP contribution < -0.4 is 10.0 Å². The molecule has 1 aromatic heterocycles. The predicted octanol–water partition coefficient (Wildman–Crippen LogP) is 3.97. The molecule has 0 saturated heterocycles. The molecule has 0 bridgehead atoms. The molecule has 2 N–H and O–H groups in total.